The van der Waals surface area contributed by atoms with Crippen LogP contribution in [0.5, 0.6) is 5.75 Å². The fourth-order valence-electron chi connectivity index (χ4n) is 2.17. The average molecular weight is 276 g/mol. The summed E-state index contributed by atoms with van der Waals surface area (Å²) in [6, 6.07) is 7.07. The lowest BCUT2D eigenvalue weighted by Gasteiger charge is -2.15. The van der Waals surface area contributed by atoms with Gasteiger partial charge in [0.25, 0.3) is 5.91 Å². The zero-order valence-corrected chi connectivity index (χ0v) is 11.6. The summed E-state index contributed by atoms with van der Waals surface area (Å²) in [5.74, 6) is 0.283. The van der Waals surface area contributed by atoms with E-state index < -0.39 is 6.04 Å². The molecule has 0 bridgehead atoms. The van der Waals surface area contributed by atoms with Crippen molar-refractivity contribution in [1.82, 2.24) is 10.6 Å². The van der Waals surface area contributed by atoms with E-state index in [1.165, 1.54) is 0 Å². The summed E-state index contributed by atoms with van der Waals surface area (Å²) in [6.07, 6.45) is 2.57. The minimum atomic E-state index is -0.439. The fourth-order valence-corrected chi connectivity index (χ4v) is 2.17. The van der Waals surface area contributed by atoms with E-state index >= 15 is 0 Å². The number of nitrogens with one attached hydrogen (secondary N) is 2. The van der Waals surface area contributed by atoms with Gasteiger partial charge in [-0.3, -0.25) is 9.59 Å². The van der Waals surface area contributed by atoms with Crippen molar-refractivity contribution >= 4 is 11.8 Å². The highest BCUT2D eigenvalue weighted by molar-refractivity contribution is 5.88. The second-order valence-electron chi connectivity index (χ2n) is 5.01. The summed E-state index contributed by atoms with van der Waals surface area (Å²) < 4.78 is 5.41. The maximum atomic E-state index is 11.8. The Morgan fingerprint density at radius 1 is 1.45 bits per heavy atom. The molecular formula is C15H20N2O3. The average Bonchev–Trinajstić information content (AvgIpc) is 2.62. The summed E-state index contributed by atoms with van der Waals surface area (Å²) in [5, 5.41) is 5.50. The van der Waals surface area contributed by atoms with Crippen LogP contribution in [0.15, 0.2) is 24.3 Å². The van der Waals surface area contributed by atoms with E-state index in [9.17, 15) is 9.59 Å². The van der Waals surface area contributed by atoms with Gasteiger partial charge >= 0.3 is 0 Å². The normalized spacial score (nSPS) is 18.9. The second-order valence-corrected chi connectivity index (χ2v) is 5.01. The van der Waals surface area contributed by atoms with E-state index in [-0.39, 0.29) is 18.4 Å². The Bertz CT molecular complexity index is 488. The number of carbonyl (C=O) groups is 2. The lowest BCUT2D eigenvalue weighted by Crippen LogP contribution is -2.46. The third-order valence-electron chi connectivity index (χ3n) is 3.23. The highest BCUT2D eigenvalue weighted by atomic mass is 16.5. The predicted octanol–water partition coefficient (Wildman–Crippen LogP) is 1.16. The molecule has 2 amide bonds. The molecule has 0 spiro atoms. The Balaban J connectivity index is 1.81. The summed E-state index contributed by atoms with van der Waals surface area (Å²) in [6.45, 7) is 2.57. The van der Waals surface area contributed by atoms with Gasteiger partial charge in [0.15, 0.2) is 6.61 Å². The zero-order chi connectivity index (χ0) is 14.4. The summed E-state index contributed by atoms with van der Waals surface area (Å²) in [7, 11) is 0. The van der Waals surface area contributed by atoms with Crippen molar-refractivity contribution in [1.29, 1.82) is 0 Å². The van der Waals surface area contributed by atoms with Crippen LogP contribution in [-0.4, -0.2) is 31.0 Å². The maximum absolute atomic E-state index is 11.8. The Morgan fingerprint density at radius 2 is 2.30 bits per heavy atom. The van der Waals surface area contributed by atoms with Crippen molar-refractivity contribution in [3.8, 4) is 5.75 Å². The molecule has 1 aliphatic rings. The standard InChI is InChI=1S/C15H20N2O3/c1-11-5-4-6-12(9-11)20-10-14(18)17-13-7-2-3-8-16-15(13)19/h4-6,9,13H,2-3,7-8,10H2,1H3,(H,16,19)(H,17,18). The molecule has 1 heterocycles. The number of amides is 2. The maximum Gasteiger partial charge on any atom is 0.258 e. The van der Waals surface area contributed by atoms with Crippen LogP contribution in [0.4, 0.5) is 0 Å². The van der Waals surface area contributed by atoms with Crippen LogP contribution in [0.25, 0.3) is 0 Å². The first-order valence-electron chi connectivity index (χ1n) is 6.92. The number of carbonyl (C=O) groups excluding carboxylic acids is 2. The smallest absolute Gasteiger partial charge is 0.258 e. The largest absolute Gasteiger partial charge is 0.484 e. The molecule has 5 heteroatoms. The van der Waals surface area contributed by atoms with Crippen molar-refractivity contribution in [3.05, 3.63) is 29.8 Å². The molecular weight excluding hydrogens is 256 g/mol. The molecule has 0 aromatic heterocycles. The highest BCUT2D eigenvalue weighted by Crippen LogP contribution is 2.12. The van der Waals surface area contributed by atoms with Crippen LogP contribution in [0.3, 0.4) is 0 Å². The Morgan fingerprint density at radius 3 is 3.10 bits per heavy atom. The minimum Gasteiger partial charge on any atom is -0.484 e. The van der Waals surface area contributed by atoms with E-state index in [4.69, 9.17) is 4.74 Å². The first-order valence-corrected chi connectivity index (χ1v) is 6.92. The van der Waals surface area contributed by atoms with Crippen LogP contribution >= 0.6 is 0 Å². The summed E-state index contributed by atoms with van der Waals surface area (Å²) in [4.78, 5) is 23.5. The number of benzene rings is 1. The van der Waals surface area contributed by atoms with Gasteiger partial charge < -0.3 is 15.4 Å². The van der Waals surface area contributed by atoms with Gasteiger partial charge in [0.1, 0.15) is 11.8 Å². The molecule has 1 aliphatic heterocycles. The molecule has 2 N–H and O–H groups in total. The molecule has 0 saturated carbocycles. The quantitative estimate of drug-likeness (QED) is 0.867. The first kappa shape index (κ1) is 14.4. The topological polar surface area (TPSA) is 67.4 Å². The van der Waals surface area contributed by atoms with Gasteiger partial charge in [-0.2, -0.15) is 0 Å². The van der Waals surface area contributed by atoms with Crippen LogP contribution in [0.2, 0.25) is 0 Å². The molecule has 1 saturated heterocycles. The van der Waals surface area contributed by atoms with E-state index in [1.54, 1.807) is 6.07 Å². The van der Waals surface area contributed by atoms with Crippen LogP contribution < -0.4 is 15.4 Å². The molecule has 1 aromatic carbocycles. The molecule has 1 fully saturated rings. The predicted molar refractivity (Wildman–Crippen MR) is 75.5 cm³/mol. The fraction of sp³-hybridized carbons (Fsp3) is 0.467. The molecule has 0 aliphatic carbocycles. The van der Waals surface area contributed by atoms with Gasteiger partial charge in [0.2, 0.25) is 5.91 Å². The van der Waals surface area contributed by atoms with Gasteiger partial charge in [-0.05, 0) is 43.9 Å². The van der Waals surface area contributed by atoms with E-state index in [0.717, 1.165) is 18.4 Å². The number of aryl methyl sites for hydroxylation is 1. The molecule has 5 nitrogen and oxygen atoms in total. The van der Waals surface area contributed by atoms with Gasteiger partial charge in [-0.15, -0.1) is 0 Å². The molecule has 2 rings (SSSR count). The second kappa shape index (κ2) is 6.93. The third kappa shape index (κ3) is 4.26. The lowest BCUT2D eigenvalue weighted by atomic mass is 10.1. The van der Waals surface area contributed by atoms with Crippen LogP contribution in [-0.2, 0) is 9.59 Å². The number of hydrogen-bond acceptors (Lipinski definition) is 3. The Kier molecular flexibility index (Phi) is 4.98. The molecule has 20 heavy (non-hydrogen) atoms. The third-order valence-corrected chi connectivity index (χ3v) is 3.23. The van der Waals surface area contributed by atoms with Gasteiger partial charge in [-0.1, -0.05) is 12.1 Å². The SMILES string of the molecule is Cc1cccc(OCC(=O)NC2CCCCNC2=O)c1. The van der Waals surface area contributed by atoms with Crippen molar-refractivity contribution in [2.45, 2.75) is 32.2 Å². The van der Waals surface area contributed by atoms with E-state index in [0.29, 0.717) is 18.7 Å². The van der Waals surface area contributed by atoms with Crippen molar-refractivity contribution in [3.63, 3.8) is 0 Å². The minimum absolute atomic E-state index is 0.0762. The van der Waals surface area contributed by atoms with Gasteiger partial charge in [0, 0.05) is 6.54 Å². The number of rotatable bonds is 4. The Labute approximate surface area is 118 Å². The Hall–Kier alpha value is -2.04. The van der Waals surface area contributed by atoms with Crippen LogP contribution in [0.1, 0.15) is 24.8 Å². The molecule has 0 radical (unpaired) electrons. The number of ether oxygens (including phenoxy) is 1. The molecule has 1 aromatic rings. The molecule has 1 atom stereocenters. The van der Waals surface area contributed by atoms with Crippen molar-refractivity contribution in [2.24, 2.45) is 0 Å². The number of hydrogen-bond donors (Lipinski definition) is 2. The molecule has 108 valence electrons. The zero-order valence-electron chi connectivity index (χ0n) is 11.6. The lowest BCUT2D eigenvalue weighted by molar-refractivity contribution is -0.129. The summed E-state index contributed by atoms with van der Waals surface area (Å²) in [5.41, 5.74) is 1.08. The van der Waals surface area contributed by atoms with Crippen LogP contribution in [0, 0.1) is 6.92 Å². The van der Waals surface area contributed by atoms with Crippen molar-refractivity contribution < 1.29 is 14.3 Å². The monoisotopic (exact) mass is 276 g/mol. The molecule has 1 unspecified atom stereocenters. The first-order chi connectivity index (χ1) is 9.65. The highest BCUT2D eigenvalue weighted by Gasteiger charge is 2.22. The van der Waals surface area contributed by atoms with Crippen molar-refractivity contribution in [2.75, 3.05) is 13.2 Å². The summed E-state index contributed by atoms with van der Waals surface area (Å²) >= 11 is 0. The van der Waals surface area contributed by atoms with Gasteiger partial charge in [0.05, 0.1) is 0 Å². The van der Waals surface area contributed by atoms with Gasteiger partial charge in [-0.25, -0.2) is 0 Å². The van der Waals surface area contributed by atoms with E-state index in [1.807, 2.05) is 25.1 Å². The van der Waals surface area contributed by atoms with E-state index in [2.05, 4.69) is 10.6 Å².